The summed E-state index contributed by atoms with van der Waals surface area (Å²) < 4.78 is 16.2. The van der Waals surface area contributed by atoms with Crippen molar-refractivity contribution in [1.29, 1.82) is 0 Å². The van der Waals surface area contributed by atoms with Crippen molar-refractivity contribution in [3.05, 3.63) is 11.6 Å². The highest BCUT2D eigenvalue weighted by Gasteiger charge is 2.56. The van der Waals surface area contributed by atoms with E-state index in [0.29, 0.717) is 25.2 Å². The van der Waals surface area contributed by atoms with Crippen LogP contribution in [0.25, 0.3) is 0 Å². The Balaban J connectivity index is 1.93. The number of ketones is 1. The van der Waals surface area contributed by atoms with Gasteiger partial charge in [0.05, 0.1) is 20.3 Å². The lowest BCUT2D eigenvalue weighted by Crippen LogP contribution is -2.40. The van der Waals surface area contributed by atoms with E-state index < -0.39 is 11.8 Å². The molecule has 3 aliphatic rings. The molecule has 2 aliphatic carbocycles. The Morgan fingerprint density at radius 1 is 1.44 bits per heavy atom. The zero-order valence-electron chi connectivity index (χ0n) is 10.3. The average Bonchev–Trinajstić information content (AvgIpc) is 2.98. The fourth-order valence-electron chi connectivity index (χ4n) is 3.43. The van der Waals surface area contributed by atoms with Crippen molar-refractivity contribution < 1.29 is 23.8 Å². The first kappa shape index (κ1) is 11.9. The molecule has 0 aromatic carbocycles. The third-order valence-corrected chi connectivity index (χ3v) is 4.19. The van der Waals surface area contributed by atoms with Gasteiger partial charge >= 0.3 is 5.97 Å². The van der Waals surface area contributed by atoms with E-state index in [1.54, 1.807) is 0 Å². The molecule has 0 aromatic rings. The molecule has 5 nitrogen and oxygen atoms in total. The van der Waals surface area contributed by atoms with E-state index in [1.165, 1.54) is 13.2 Å². The number of rotatable bonds is 1. The quantitative estimate of drug-likeness (QED) is 0.647. The standard InChI is InChI=1S/C13H16O5/c1-16-12(15)10-6-8(14)7-11-9(10)2-3-13(11)17-4-5-18-13/h6,9,11H,2-5,7H2,1H3/t9-,11+/m1/s1. The average molecular weight is 252 g/mol. The molecule has 2 atom stereocenters. The highest BCUT2D eigenvalue weighted by atomic mass is 16.7. The van der Waals surface area contributed by atoms with Crippen molar-refractivity contribution >= 4 is 11.8 Å². The molecule has 0 amide bonds. The van der Waals surface area contributed by atoms with E-state index >= 15 is 0 Å². The lowest BCUT2D eigenvalue weighted by molar-refractivity contribution is -0.187. The molecule has 0 unspecified atom stereocenters. The highest BCUT2D eigenvalue weighted by Crippen LogP contribution is 2.51. The van der Waals surface area contributed by atoms with Gasteiger partial charge in [-0.05, 0) is 18.4 Å². The number of hydrogen-bond donors (Lipinski definition) is 0. The molecule has 0 bridgehead atoms. The molecule has 1 aliphatic heterocycles. The fraction of sp³-hybridized carbons (Fsp3) is 0.692. The van der Waals surface area contributed by atoms with E-state index in [9.17, 15) is 9.59 Å². The molecule has 1 saturated heterocycles. The summed E-state index contributed by atoms with van der Waals surface area (Å²) in [4.78, 5) is 23.5. The summed E-state index contributed by atoms with van der Waals surface area (Å²) >= 11 is 0. The maximum Gasteiger partial charge on any atom is 0.334 e. The van der Waals surface area contributed by atoms with Gasteiger partial charge in [0.2, 0.25) is 0 Å². The van der Waals surface area contributed by atoms with Crippen LogP contribution in [0.5, 0.6) is 0 Å². The second-order valence-corrected chi connectivity index (χ2v) is 5.02. The zero-order valence-corrected chi connectivity index (χ0v) is 10.3. The molecule has 2 fully saturated rings. The number of carbonyl (C=O) groups excluding carboxylic acids is 2. The predicted octanol–water partition coefficient (Wildman–Crippen LogP) is 0.828. The molecule has 18 heavy (non-hydrogen) atoms. The minimum absolute atomic E-state index is 0.0215. The number of ether oxygens (including phenoxy) is 3. The van der Waals surface area contributed by atoms with E-state index in [0.717, 1.165) is 12.8 Å². The monoisotopic (exact) mass is 252 g/mol. The van der Waals surface area contributed by atoms with Gasteiger partial charge in [0.25, 0.3) is 0 Å². The minimum atomic E-state index is -0.645. The zero-order chi connectivity index (χ0) is 12.8. The van der Waals surface area contributed by atoms with Crippen molar-refractivity contribution in [3.8, 4) is 0 Å². The number of hydrogen-bond acceptors (Lipinski definition) is 5. The van der Waals surface area contributed by atoms with Crippen molar-refractivity contribution in [1.82, 2.24) is 0 Å². The molecule has 98 valence electrons. The molecule has 5 heteroatoms. The van der Waals surface area contributed by atoms with Gasteiger partial charge in [0.15, 0.2) is 11.6 Å². The predicted molar refractivity (Wildman–Crippen MR) is 60.6 cm³/mol. The van der Waals surface area contributed by atoms with Crippen LogP contribution in [0, 0.1) is 11.8 Å². The summed E-state index contributed by atoms with van der Waals surface area (Å²) in [7, 11) is 1.34. The van der Waals surface area contributed by atoms with Gasteiger partial charge in [-0.15, -0.1) is 0 Å². The second kappa shape index (κ2) is 4.17. The summed E-state index contributed by atoms with van der Waals surface area (Å²) in [6, 6.07) is 0. The summed E-state index contributed by atoms with van der Waals surface area (Å²) in [5.41, 5.74) is 0.481. The molecule has 1 spiro atoms. The van der Waals surface area contributed by atoms with Gasteiger partial charge in [-0.25, -0.2) is 4.79 Å². The Morgan fingerprint density at radius 2 is 2.17 bits per heavy atom. The van der Waals surface area contributed by atoms with Crippen molar-refractivity contribution in [2.24, 2.45) is 11.8 Å². The summed E-state index contributed by atoms with van der Waals surface area (Å²) in [6.45, 7) is 1.13. The first-order valence-corrected chi connectivity index (χ1v) is 6.27. The Hall–Kier alpha value is -1.20. The SMILES string of the molecule is COC(=O)C1=CC(=O)C[C@H]2[C@@H]1CCC21OCCO1. The number of carbonyl (C=O) groups is 2. The maximum absolute atomic E-state index is 11.8. The number of fused-ring (bicyclic) bond motifs is 2. The van der Waals surface area contributed by atoms with Crippen LogP contribution in [-0.4, -0.2) is 37.9 Å². The van der Waals surface area contributed by atoms with Crippen LogP contribution in [0.3, 0.4) is 0 Å². The topological polar surface area (TPSA) is 61.8 Å². The molecular formula is C13H16O5. The molecule has 3 rings (SSSR count). The number of esters is 1. The van der Waals surface area contributed by atoms with E-state index in [-0.39, 0.29) is 17.6 Å². The number of methoxy groups -OCH3 is 1. The normalized spacial score (nSPS) is 33.4. The lowest BCUT2D eigenvalue weighted by Gasteiger charge is -2.33. The summed E-state index contributed by atoms with van der Waals surface area (Å²) in [6.07, 6.45) is 3.37. The van der Waals surface area contributed by atoms with Gasteiger partial charge < -0.3 is 14.2 Å². The highest BCUT2D eigenvalue weighted by molar-refractivity contribution is 6.01. The molecular weight excluding hydrogens is 236 g/mol. The van der Waals surface area contributed by atoms with Crippen LogP contribution in [0.15, 0.2) is 11.6 Å². The van der Waals surface area contributed by atoms with Crippen LogP contribution >= 0.6 is 0 Å². The van der Waals surface area contributed by atoms with Crippen molar-refractivity contribution in [2.45, 2.75) is 25.0 Å². The van der Waals surface area contributed by atoms with Gasteiger partial charge in [-0.1, -0.05) is 0 Å². The van der Waals surface area contributed by atoms with Crippen LogP contribution in [0.2, 0.25) is 0 Å². The van der Waals surface area contributed by atoms with E-state index in [2.05, 4.69) is 0 Å². The van der Waals surface area contributed by atoms with E-state index in [1.807, 2.05) is 0 Å². The fourth-order valence-corrected chi connectivity index (χ4v) is 3.43. The first-order chi connectivity index (χ1) is 8.66. The third-order valence-electron chi connectivity index (χ3n) is 4.19. The number of allylic oxidation sites excluding steroid dienone is 1. The molecule has 0 aromatic heterocycles. The third kappa shape index (κ3) is 1.61. The van der Waals surface area contributed by atoms with E-state index in [4.69, 9.17) is 14.2 Å². The molecule has 1 saturated carbocycles. The van der Waals surface area contributed by atoms with Crippen molar-refractivity contribution in [2.75, 3.05) is 20.3 Å². The smallest absolute Gasteiger partial charge is 0.334 e. The van der Waals surface area contributed by atoms with Crippen LogP contribution in [0.1, 0.15) is 19.3 Å². The largest absolute Gasteiger partial charge is 0.466 e. The minimum Gasteiger partial charge on any atom is -0.466 e. The Morgan fingerprint density at radius 3 is 2.83 bits per heavy atom. The van der Waals surface area contributed by atoms with Crippen LogP contribution in [0.4, 0.5) is 0 Å². The Kier molecular flexibility index (Phi) is 2.75. The Labute approximate surface area is 105 Å². The maximum atomic E-state index is 11.8. The summed E-state index contributed by atoms with van der Waals surface area (Å²) in [5.74, 6) is -1.13. The van der Waals surface area contributed by atoms with Gasteiger partial charge in [0, 0.05) is 24.3 Å². The second-order valence-electron chi connectivity index (χ2n) is 5.02. The molecule has 1 heterocycles. The van der Waals surface area contributed by atoms with Gasteiger partial charge in [-0.2, -0.15) is 0 Å². The Bertz CT molecular complexity index is 419. The lowest BCUT2D eigenvalue weighted by atomic mass is 9.78. The van der Waals surface area contributed by atoms with Gasteiger partial charge in [-0.3, -0.25) is 4.79 Å². The molecule has 0 N–H and O–H groups in total. The van der Waals surface area contributed by atoms with Crippen molar-refractivity contribution in [3.63, 3.8) is 0 Å². The summed E-state index contributed by atoms with van der Waals surface area (Å²) in [5, 5.41) is 0. The van der Waals surface area contributed by atoms with Crippen LogP contribution < -0.4 is 0 Å². The van der Waals surface area contributed by atoms with Gasteiger partial charge in [0.1, 0.15) is 0 Å². The molecule has 0 radical (unpaired) electrons. The first-order valence-electron chi connectivity index (χ1n) is 6.27. The van der Waals surface area contributed by atoms with Crippen LogP contribution in [-0.2, 0) is 23.8 Å².